The van der Waals surface area contributed by atoms with E-state index in [2.05, 4.69) is 4.98 Å². The second-order valence-electron chi connectivity index (χ2n) is 3.92. The van der Waals surface area contributed by atoms with Crippen molar-refractivity contribution in [3.63, 3.8) is 0 Å². The van der Waals surface area contributed by atoms with E-state index in [-0.39, 0.29) is 11.2 Å². The van der Waals surface area contributed by atoms with Gasteiger partial charge in [-0.1, -0.05) is 12.1 Å². The predicted octanol–water partition coefficient (Wildman–Crippen LogP) is 1.51. The lowest BCUT2D eigenvalue weighted by Gasteiger charge is -2.05. The first-order chi connectivity index (χ1) is 8.56. The van der Waals surface area contributed by atoms with E-state index in [1.165, 1.54) is 29.1 Å². The summed E-state index contributed by atoms with van der Waals surface area (Å²) in [6.07, 6.45) is 1.47. The fraction of sp³-hybridized carbons (Fsp3) is 0.167. The van der Waals surface area contributed by atoms with E-state index in [1.807, 2.05) is 0 Å². The van der Waals surface area contributed by atoms with Crippen LogP contribution in [0.4, 0.5) is 5.69 Å². The van der Waals surface area contributed by atoms with Gasteiger partial charge >= 0.3 is 0 Å². The van der Waals surface area contributed by atoms with Crippen molar-refractivity contribution in [2.75, 3.05) is 0 Å². The highest BCUT2D eigenvalue weighted by atomic mass is 16.6. The summed E-state index contributed by atoms with van der Waals surface area (Å²) in [7, 11) is 0. The molecule has 1 aromatic heterocycles. The van der Waals surface area contributed by atoms with E-state index in [4.69, 9.17) is 0 Å². The molecule has 0 bridgehead atoms. The standard InChI is InChI=1S/C12H11N3O3/c1-9-6-12(16)14(8-13-9)7-10-2-4-11(5-3-10)15(17)18/h2-6,8H,7H2,1H3. The summed E-state index contributed by atoms with van der Waals surface area (Å²) < 4.78 is 1.45. The first-order valence-electron chi connectivity index (χ1n) is 5.32. The molecule has 0 aliphatic carbocycles. The Balaban J connectivity index is 2.23. The third-order valence-electron chi connectivity index (χ3n) is 2.52. The number of nitro groups is 1. The predicted molar refractivity (Wildman–Crippen MR) is 65.4 cm³/mol. The normalized spacial score (nSPS) is 10.3. The lowest BCUT2D eigenvalue weighted by molar-refractivity contribution is -0.384. The number of non-ortho nitro benzene ring substituents is 1. The zero-order valence-corrected chi connectivity index (χ0v) is 9.74. The Morgan fingerprint density at radius 3 is 2.56 bits per heavy atom. The van der Waals surface area contributed by atoms with Crippen molar-refractivity contribution >= 4 is 5.69 Å². The van der Waals surface area contributed by atoms with Crippen molar-refractivity contribution < 1.29 is 4.92 Å². The summed E-state index contributed by atoms with van der Waals surface area (Å²) in [5.41, 5.74) is 1.38. The Hall–Kier alpha value is -2.50. The molecule has 0 unspecified atom stereocenters. The molecule has 2 aromatic rings. The van der Waals surface area contributed by atoms with Gasteiger partial charge in [-0.15, -0.1) is 0 Å². The summed E-state index contributed by atoms with van der Waals surface area (Å²) in [6, 6.07) is 7.55. The Morgan fingerprint density at radius 1 is 1.33 bits per heavy atom. The van der Waals surface area contributed by atoms with Crippen LogP contribution in [0.25, 0.3) is 0 Å². The van der Waals surface area contributed by atoms with Crippen molar-refractivity contribution in [1.29, 1.82) is 0 Å². The molecule has 0 aliphatic heterocycles. The molecular formula is C12H11N3O3. The smallest absolute Gasteiger partial charge is 0.269 e. The van der Waals surface area contributed by atoms with Gasteiger partial charge in [0.2, 0.25) is 0 Å². The van der Waals surface area contributed by atoms with E-state index < -0.39 is 4.92 Å². The lowest BCUT2D eigenvalue weighted by atomic mass is 10.2. The van der Waals surface area contributed by atoms with Gasteiger partial charge < -0.3 is 0 Å². The molecule has 0 N–H and O–H groups in total. The van der Waals surface area contributed by atoms with Gasteiger partial charge in [0, 0.05) is 23.9 Å². The summed E-state index contributed by atoms with van der Waals surface area (Å²) >= 11 is 0. The molecule has 0 amide bonds. The molecule has 0 aliphatic rings. The number of aromatic nitrogens is 2. The molecule has 0 saturated carbocycles. The highest BCUT2D eigenvalue weighted by Crippen LogP contribution is 2.12. The van der Waals surface area contributed by atoms with E-state index in [0.29, 0.717) is 12.2 Å². The monoisotopic (exact) mass is 245 g/mol. The van der Waals surface area contributed by atoms with Crippen molar-refractivity contribution in [2.24, 2.45) is 0 Å². The van der Waals surface area contributed by atoms with E-state index in [0.717, 1.165) is 5.56 Å². The topological polar surface area (TPSA) is 78.0 Å². The van der Waals surface area contributed by atoms with Crippen LogP contribution in [0.15, 0.2) is 41.5 Å². The molecule has 1 aromatic carbocycles. The van der Waals surface area contributed by atoms with Crippen LogP contribution < -0.4 is 5.56 Å². The number of hydrogen-bond acceptors (Lipinski definition) is 4. The first kappa shape index (κ1) is 12.0. The van der Waals surface area contributed by atoms with Gasteiger partial charge in [-0.3, -0.25) is 19.5 Å². The van der Waals surface area contributed by atoms with Gasteiger partial charge in [0.05, 0.1) is 17.8 Å². The molecule has 18 heavy (non-hydrogen) atoms. The fourth-order valence-corrected chi connectivity index (χ4v) is 1.56. The number of aryl methyl sites for hydroxylation is 1. The van der Waals surface area contributed by atoms with Crippen molar-refractivity contribution in [1.82, 2.24) is 9.55 Å². The van der Waals surface area contributed by atoms with Crippen molar-refractivity contribution in [3.8, 4) is 0 Å². The number of nitro benzene ring substituents is 1. The van der Waals surface area contributed by atoms with Crippen molar-refractivity contribution in [2.45, 2.75) is 13.5 Å². The number of rotatable bonds is 3. The van der Waals surface area contributed by atoms with Crippen LogP contribution in [0, 0.1) is 17.0 Å². The lowest BCUT2D eigenvalue weighted by Crippen LogP contribution is -2.20. The molecule has 6 heteroatoms. The second-order valence-corrected chi connectivity index (χ2v) is 3.92. The molecule has 6 nitrogen and oxygen atoms in total. The largest absolute Gasteiger partial charge is 0.295 e. The van der Waals surface area contributed by atoms with E-state index in [9.17, 15) is 14.9 Å². The summed E-state index contributed by atoms with van der Waals surface area (Å²) in [5, 5.41) is 10.5. The second kappa shape index (κ2) is 4.79. The molecule has 92 valence electrons. The maximum absolute atomic E-state index is 11.6. The highest BCUT2D eigenvalue weighted by molar-refractivity contribution is 5.32. The Bertz CT molecular complexity index is 632. The van der Waals surface area contributed by atoms with Gasteiger partial charge in [0.15, 0.2) is 0 Å². The van der Waals surface area contributed by atoms with E-state index in [1.54, 1.807) is 19.1 Å². The number of hydrogen-bond donors (Lipinski definition) is 0. The SMILES string of the molecule is Cc1cc(=O)n(Cc2ccc([N+](=O)[O-])cc2)cn1. The van der Waals surface area contributed by atoms with Crippen LogP contribution in [0.1, 0.15) is 11.3 Å². The minimum Gasteiger partial charge on any atom is -0.295 e. The van der Waals surface area contributed by atoms with Crippen LogP contribution in [0.5, 0.6) is 0 Å². The minimum absolute atomic E-state index is 0.0353. The van der Waals surface area contributed by atoms with Gasteiger partial charge in [-0.25, -0.2) is 4.98 Å². The summed E-state index contributed by atoms with van der Waals surface area (Å²) in [5.74, 6) is 0. The average Bonchev–Trinajstić information content (AvgIpc) is 2.33. The zero-order valence-electron chi connectivity index (χ0n) is 9.74. The third kappa shape index (κ3) is 2.60. The molecule has 0 radical (unpaired) electrons. The molecule has 1 heterocycles. The molecule has 0 spiro atoms. The molecular weight excluding hydrogens is 234 g/mol. The maximum atomic E-state index is 11.6. The van der Waals surface area contributed by atoms with Crippen LogP contribution in [-0.4, -0.2) is 14.5 Å². The molecule has 0 atom stereocenters. The van der Waals surface area contributed by atoms with Crippen LogP contribution in [-0.2, 0) is 6.54 Å². The first-order valence-corrected chi connectivity index (χ1v) is 5.32. The van der Waals surface area contributed by atoms with Crippen LogP contribution >= 0.6 is 0 Å². The van der Waals surface area contributed by atoms with Crippen molar-refractivity contribution in [3.05, 3.63) is 68.4 Å². The van der Waals surface area contributed by atoms with E-state index >= 15 is 0 Å². The number of nitrogens with zero attached hydrogens (tertiary/aromatic N) is 3. The Kier molecular flexibility index (Phi) is 3.18. The van der Waals surface area contributed by atoms with Crippen LogP contribution in [0.3, 0.4) is 0 Å². The van der Waals surface area contributed by atoms with Crippen LogP contribution in [0.2, 0.25) is 0 Å². The molecule has 0 saturated heterocycles. The quantitative estimate of drug-likeness (QED) is 0.606. The summed E-state index contributed by atoms with van der Waals surface area (Å²) in [4.78, 5) is 25.7. The average molecular weight is 245 g/mol. The van der Waals surface area contributed by atoms with Gasteiger partial charge in [-0.05, 0) is 12.5 Å². The minimum atomic E-state index is -0.455. The Labute approximate surface area is 103 Å². The fourth-order valence-electron chi connectivity index (χ4n) is 1.56. The molecule has 0 fully saturated rings. The number of benzene rings is 1. The van der Waals surface area contributed by atoms with Gasteiger partial charge in [0.1, 0.15) is 0 Å². The maximum Gasteiger partial charge on any atom is 0.269 e. The summed E-state index contributed by atoms with van der Waals surface area (Å²) in [6.45, 7) is 2.10. The Morgan fingerprint density at radius 2 is 2.00 bits per heavy atom. The zero-order chi connectivity index (χ0) is 13.1. The van der Waals surface area contributed by atoms with Gasteiger partial charge in [0.25, 0.3) is 11.2 Å². The third-order valence-corrected chi connectivity index (χ3v) is 2.52. The molecule has 2 rings (SSSR count). The highest BCUT2D eigenvalue weighted by Gasteiger charge is 2.04. The van der Waals surface area contributed by atoms with Gasteiger partial charge in [-0.2, -0.15) is 0 Å².